The molecular weight excluding hydrogens is 495 g/mol. The first kappa shape index (κ1) is 27.1. The minimum Gasteiger partial charge on any atom is -0.382 e. The van der Waals surface area contributed by atoms with Crippen molar-refractivity contribution < 1.29 is 14.2 Å². The molecule has 1 fully saturated rings. The summed E-state index contributed by atoms with van der Waals surface area (Å²) in [5.74, 6) is 0.857. The number of aliphatic imine (C=N–C) groups is 1. The third-order valence-corrected chi connectivity index (χ3v) is 4.87. The summed E-state index contributed by atoms with van der Waals surface area (Å²) in [6.07, 6.45) is 0.929. The van der Waals surface area contributed by atoms with Crippen LogP contribution in [0.5, 0.6) is 0 Å². The molecule has 1 atom stereocenters. The van der Waals surface area contributed by atoms with Crippen LogP contribution < -0.4 is 10.6 Å². The monoisotopic (exact) mass is 534 g/mol. The molecule has 0 aromatic heterocycles. The standard InChI is InChI=1S/C22H38N4O3.HI/c1-4-23-22(24-9-6-12-28-16-15-27-3)25-18-21(26-10-13-29-14-11-26)20-8-5-7-19(2)17-20;/h5,7-8,17,21H,4,6,9-16,18H2,1-3H3,(H2,23,24,25);1H. The van der Waals surface area contributed by atoms with Crippen molar-refractivity contribution in [3.8, 4) is 0 Å². The van der Waals surface area contributed by atoms with Gasteiger partial charge in [0.1, 0.15) is 0 Å². The van der Waals surface area contributed by atoms with Gasteiger partial charge >= 0.3 is 0 Å². The maximum absolute atomic E-state index is 5.55. The van der Waals surface area contributed by atoms with Gasteiger partial charge < -0.3 is 24.8 Å². The van der Waals surface area contributed by atoms with Crippen LogP contribution in [0.4, 0.5) is 0 Å². The van der Waals surface area contributed by atoms with Gasteiger partial charge in [-0.25, -0.2) is 0 Å². The van der Waals surface area contributed by atoms with Crippen LogP contribution in [0.15, 0.2) is 29.3 Å². The Hall–Kier alpha value is -0.940. The number of hydrogen-bond donors (Lipinski definition) is 2. The van der Waals surface area contributed by atoms with E-state index in [0.29, 0.717) is 19.8 Å². The maximum Gasteiger partial charge on any atom is 0.191 e. The second kappa shape index (κ2) is 16.7. The molecule has 1 heterocycles. The number of hydrogen-bond acceptors (Lipinski definition) is 5. The van der Waals surface area contributed by atoms with Crippen LogP contribution in [0.25, 0.3) is 0 Å². The molecule has 8 heteroatoms. The Morgan fingerprint density at radius 1 is 1.20 bits per heavy atom. The Balaban J connectivity index is 0.00000450. The lowest BCUT2D eigenvalue weighted by molar-refractivity contribution is 0.0179. The fourth-order valence-corrected chi connectivity index (χ4v) is 3.34. The summed E-state index contributed by atoms with van der Waals surface area (Å²) < 4.78 is 16.1. The highest BCUT2D eigenvalue weighted by Crippen LogP contribution is 2.23. The topological polar surface area (TPSA) is 67.4 Å². The van der Waals surface area contributed by atoms with Crippen LogP contribution in [-0.4, -0.2) is 83.7 Å². The van der Waals surface area contributed by atoms with Gasteiger partial charge in [0.2, 0.25) is 0 Å². The zero-order valence-electron chi connectivity index (χ0n) is 18.7. The van der Waals surface area contributed by atoms with Crippen molar-refractivity contribution in [2.45, 2.75) is 26.3 Å². The summed E-state index contributed by atoms with van der Waals surface area (Å²) in [5, 5.41) is 6.77. The van der Waals surface area contributed by atoms with Crippen LogP contribution in [0, 0.1) is 6.92 Å². The zero-order chi connectivity index (χ0) is 20.7. The first-order valence-electron chi connectivity index (χ1n) is 10.7. The van der Waals surface area contributed by atoms with Gasteiger partial charge in [-0.1, -0.05) is 29.8 Å². The lowest BCUT2D eigenvalue weighted by Crippen LogP contribution is -2.42. The number of nitrogens with one attached hydrogen (secondary N) is 2. The molecule has 0 spiro atoms. The summed E-state index contributed by atoms with van der Waals surface area (Å²) >= 11 is 0. The fraction of sp³-hybridized carbons (Fsp3) is 0.682. The van der Waals surface area contributed by atoms with Gasteiger partial charge in [0.15, 0.2) is 5.96 Å². The molecule has 1 saturated heterocycles. The van der Waals surface area contributed by atoms with Gasteiger partial charge in [-0.2, -0.15) is 0 Å². The van der Waals surface area contributed by atoms with E-state index in [-0.39, 0.29) is 30.0 Å². The molecule has 0 radical (unpaired) electrons. The molecule has 1 unspecified atom stereocenters. The number of methoxy groups -OCH3 is 1. The van der Waals surface area contributed by atoms with Crippen molar-refractivity contribution in [1.29, 1.82) is 0 Å². The van der Waals surface area contributed by atoms with E-state index in [0.717, 1.165) is 58.4 Å². The second-order valence-electron chi connectivity index (χ2n) is 7.18. The Labute approximate surface area is 199 Å². The van der Waals surface area contributed by atoms with Crippen molar-refractivity contribution in [1.82, 2.24) is 15.5 Å². The molecule has 1 aliphatic rings. The summed E-state index contributed by atoms with van der Waals surface area (Å²) in [5.41, 5.74) is 2.60. The van der Waals surface area contributed by atoms with E-state index in [1.54, 1.807) is 7.11 Å². The first-order valence-corrected chi connectivity index (χ1v) is 10.7. The Kier molecular flexibility index (Phi) is 15.1. The van der Waals surface area contributed by atoms with E-state index in [4.69, 9.17) is 19.2 Å². The Morgan fingerprint density at radius 3 is 2.70 bits per heavy atom. The van der Waals surface area contributed by atoms with Gasteiger partial charge in [0, 0.05) is 39.9 Å². The van der Waals surface area contributed by atoms with E-state index < -0.39 is 0 Å². The largest absolute Gasteiger partial charge is 0.382 e. The lowest BCUT2D eigenvalue weighted by atomic mass is 10.0. The van der Waals surface area contributed by atoms with Crippen molar-refractivity contribution in [3.05, 3.63) is 35.4 Å². The van der Waals surface area contributed by atoms with E-state index >= 15 is 0 Å². The molecule has 0 saturated carbocycles. The van der Waals surface area contributed by atoms with Crippen LogP contribution in [-0.2, 0) is 14.2 Å². The third-order valence-electron chi connectivity index (χ3n) is 4.87. The Morgan fingerprint density at radius 2 is 2.00 bits per heavy atom. The van der Waals surface area contributed by atoms with Gasteiger partial charge in [0.05, 0.1) is 39.0 Å². The van der Waals surface area contributed by atoms with Crippen molar-refractivity contribution >= 4 is 29.9 Å². The number of halogens is 1. The molecule has 30 heavy (non-hydrogen) atoms. The number of morpholine rings is 1. The normalized spacial score (nSPS) is 16.0. The van der Waals surface area contributed by atoms with Crippen LogP contribution in [0.3, 0.4) is 0 Å². The molecule has 0 amide bonds. The molecule has 1 aromatic rings. The molecule has 2 N–H and O–H groups in total. The van der Waals surface area contributed by atoms with E-state index in [1.807, 2.05) is 0 Å². The molecule has 0 aliphatic carbocycles. The zero-order valence-corrected chi connectivity index (χ0v) is 21.0. The van der Waals surface area contributed by atoms with Gasteiger partial charge in [0.25, 0.3) is 0 Å². The number of aryl methyl sites for hydroxylation is 1. The highest BCUT2D eigenvalue weighted by molar-refractivity contribution is 14.0. The Bertz CT molecular complexity index is 598. The lowest BCUT2D eigenvalue weighted by Gasteiger charge is -2.34. The number of nitrogens with zero attached hydrogens (tertiary/aromatic N) is 2. The molecular formula is C22H39IN4O3. The van der Waals surface area contributed by atoms with Crippen molar-refractivity contribution in [2.75, 3.05) is 72.9 Å². The van der Waals surface area contributed by atoms with E-state index in [9.17, 15) is 0 Å². The van der Waals surface area contributed by atoms with Crippen LogP contribution in [0.1, 0.15) is 30.5 Å². The molecule has 0 bridgehead atoms. The van der Waals surface area contributed by atoms with Gasteiger partial charge in [-0.15, -0.1) is 24.0 Å². The number of guanidine groups is 1. The quantitative estimate of drug-likeness (QED) is 0.186. The summed E-state index contributed by atoms with van der Waals surface area (Å²) in [6.45, 7) is 12.1. The smallest absolute Gasteiger partial charge is 0.191 e. The van der Waals surface area contributed by atoms with Crippen LogP contribution in [0.2, 0.25) is 0 Å². The highest BCUT2D eigenvalue weighted by atomic mass is 127. The van der Waals surface area contributed by atoms with Gasteiger partial charge in [-0.05, 0) is 25.8 Å². The van der Waals surface area contributed by atoms with Gasteiger partial charge in [-0.3, -0.25) is 9.89 Å². The van der Waals surface area contributed by atoms with Crippen molar-refractivity contribution in [2.24, 2.45) is 4.99 Å². The number of benzene rings is 1. The summed E-state index contributed by atoms with van der Waals surface area (Å²) in [6, 6.07) is 9.01. The average Bonchev–Trinajstić information content (AvgIpc) is 2.74. The molecule has 1 aromatic carbocycles. The maximum atomic E-state index is 5.55. The summed E-state index contributed by atoms with van der Waals surface area (Å²) in [4.78, 5) is 7.37. The molecule has 7 nitrogen and oxygen atoms in total. The third kappa shape index (κ3) is 10.4. The molecule has 172 valence electrons. The predicted molar refractivity (Wildman–Crippen MR) is 133 cm³/mol. The number of rotatable bonds is 12. The SMILES string of the molecule is CCNC(=NCC(c1cccc(C)c1)N1CCOCC1)NCCCOCCOC.I. The average molecular weight is 534 g/mol. The minimum absolute atomic E-state index is 0. The second-order valence-corrected chi connectivity index (χ2v) is 7.18. The molecule has 1 aliphatic heterocycles. The number of ether oxygens (including phenoxy) is 3. The molecule has 2 rings (SSSR count). The van der Waals surface area contributed by atoms with Crippen molar-refractivity contribution in [3.63, 3.8) is 0 Å². The minimum atomic E-state index is 0. The summed E-state index contributed by atoms with van der Waals surface area (Å²) in [7, 11) is 1.69. The van der Waals surface area contributed by atoms with E-state index in [1.165, 1.54) is 11.1 Å². The van der Waals surface area contributed by atoms with E-state index in [2.05, 4.69) is 53.6 Å². The fourth-order valence-electron chi connectivity index (χ4n) is 3.34. The van der Waals surface area contributed by atoms with Crippen LogP contribution >= 0.6 is 24.0 Å². The first-order chi connectivity index (χ1) is 14.2. The predicted octanol–water partition coefficient (Wildman–Crippen LogP) is 2.59. The highest BCUT2D eigenvalue weighted by Gasteiger charge is 2.22.